The summed E-state index contributed by atoms with van der Waals surface area (Å²) in [5.74, 6) is 1.24. The fourth-order valence-electron chi connectivity index (χ4n) is 1.68. The van der Waals surface area contributed by atoms with Crippen LogP contribution in [0.2, 0.25) is 0 Å². The number of carbonyl (C=O) groups excluding carboxylic acids is 1. The van der Waals surface area contributed by atoms with Crippen molar-refractivity contribution in [3.8, 4) is 0 Å². The van der Waals surface area contributed by atoms with Crippen LogP contribution < -0.4 is 16.4 Å². The molecule has 0 bridgehead atoms. The van der Waals surface area contributed by atoms with Gasteiger partial charge in [0.05, 0.1) is 0 Å². The fraction of sp³-hybridized carbons (Fsp3) is 0.538. The summed E-state index contributed by atoms with van der Waals surface area (Å²) in [5.41, 5.74) is 4.82. The molecule has 1 amide bonds. The van der Waals surface area contributed by atoms with Crippen molar-refractivity contribution in [2.75, 3.05) is 17.2 Å². The first kappa shape index (κ1) is 14.3. The molecule has 1 aromatic heterocycles. The number of rotatable bonds is 7. The van der Waals surface area contributed by atoms with Gasteiger partial charge in [-0.2, -0.15) is 0 Å². The second kappa shape index (κ2) is 6.23. The van der Waals surface area contributed by atoms with Crippen LogP contribution in [0, 0.1) is 0 Å². The Morgan fingerprint density at radius 1 is 1.39 bits per heavy atom. The smallest absolute Gasteiger partial charge is 0.219 e. The van der Waals surface area contributed by atoms with Crippen molar-refractivity contribution in [2.24, 2.45) is 5.73 Å². The number of nitrogens with two attached hydrogens (primary N) is 1. The molecule has 18 heavy (non-hydrogen) atoms. The van der Waals surface area contributed by atoms with E-state index in [-0.39, 0.29) is 12.3 Å². The van der Waals surface area contributed by atoms with E-state index in [0.29, 0.717) is 0 Å². The molecule has 0 fully saturated rings. The quantitative estimate of drug-likeness (QED) is 0.691. The number of hydrogen-bond donors (Lipinski definition) is 3. The maximum absolute atomic E-state index is 11.0. The van der Waals surface area contributed by atoms with E-state index >= 15 is 0 Å². The van der Waals surface area contributed by atoms with Crippen LogP contribution in [-0.2, 0) is 4.79 Å². The minimum atomic E-state index is -0.401. The number of nitrogens with one attached hydrogen (secondary N) is 2. The number of aromatic nitrogens is 1. The molecule has 0 aliphatic heterocycles. The standard InChI is InChI=1S/C13H22N4O/c1-4-8-15-11-6-5-7-12(16-11)17-13(2,3)9-10(14)18/h5-7H,4,8-9H2,1-3H3,(H2,14,18)(H2,15,16,17). The number of pyridine rings is 1. The summed E-state index contributed by atoms with van der Waals surface area (Å²) >= 11 is 0. The van der Waals surface area contributed by atoms with E-state index in [9.17, 15) is 4.79 Å². The summed E-state index contributed by atoms with van der Waals surface area (Å²) < 4.78 is 0. The lowest BCUT2D eigenvalue weighted by Crippen LogP contribution is -2.36. The molecule has 5 nitrogen and oxygen atoms in total. The van der Waals surface area contributed by atoms with Crippen LogP contribution >= 0.6 is 0 Å². The molecule has 0 radical (unpaired) electrons. The molecule has 1 rings (SSSR count). The van der Waals surface area contributed by atoms with Crippen LogP contribution in [0.1, 0.15) is 33.6 Å². The molecular weight excluding hydrogens is 228 g/mol. The SMILES string of the molecule is CCCNc1cccc(NC(C)(C)CC(N)=O)n1. The summed E-state index contributed by atoms with van der Waals surface area (Å²) in [7, 11) is 0. The van der Waals surface area contributed by atoms with Crippen molar-refractivity contribution in [1.82, 2.24) is 4.98 Å². The van der Waals surface area contributed by atoms with E-state index in [1.165, 1.54) is 0 Å². The number of hydrogen-bond acceptors (Lipinski definition) is 4. The average Bonchev–Trinajstić information content (AvgIpc) is 2.24. The van der Waals surface area contributed by atoms with Crippen LogP contribution in [0.15, 0.2) is 18.2 Å². The number of anilines is 2. The van der Waals surface area contributed by atoms with E-state index in [1.54, 1.807) is 0 Å². The minimum Gasteiger partial charge on any atom is -0.370 e. The molecule has 4 N–H and O–H groups in total. The van der Waals surface area contributed by atoms with E-state index in [1.807, 2.05) is 32.0 Å². The lowest BCUT2D eigenvalue weighted by Gasteiger charge is -2.25. The lowest BCUT2D eigenvalue weighted by atomic mass is 10.0. The Morgan fingerprint density at radius 2 is 2.06 bits per heavy atom. The highest BCUT2D eigenvalue weighted by atomic mass is 16.1. The van der Waals surface area contributed by atoms with Crippen molar-refractivity contribution in [1.29, 1.82) is 0 Å². The highest BCUT2D eigenvalue weighted by Crippen LogP contribution is 2.17. The normalized spacial score (nSPS) is 11.1. The van der Waals surface area contributed by atoms with Crippen molar-refractivity contribution in [3.05, 3.63) is 18.2 Å². The highest BCUT2D eigenvalue weighted by molar-refractivity contribution is 5.75. The van der Waals surface area contributed by atoms with E-state index < -0.39 is 5.54 Å². The summed E-state index contributed by atoms with van der Waals surface area (Å²) in [6.07, 6.45) is 1.31. The van der Waals surface area contributed by atoms with Gasteiger partial charge in [0.2, 0.25) is 5.91 Å². The molecule has 0 aromatic carbocycles. The third-order valence-corrected chi connectivity index (χ3v) is 2.39. The molecule has 0 atom stereocenters. The summed E-state index contributed by atoms with van der Waals surface area (Å²) in [6.45, 7) is 6.84. The first-order valence-electron chi connectivity index (χ1n) is 6.20. The Hall–Kier alpha value is -1.78. The van der Waals surface area contributed by atoms with Crippen LogP contribution in [0.25, 0.3) is 0 Å². The molecule has 100 valence electrons. The summed E-state index contributed by atoms with van der Waals surface area (Å²) in [4.78, 5) is 15.4. The van der Waals surface area contributed by atoms with E-state index in [2.05, 4.69) is 22.5 Å². The largest absolute Gasteiger partial charge is 0.370 e. The van der Waals surface area contributed by atoms with Crippen LogP contribution in [0.4, 0.5) is 11.6 Å². The maximum atomic E-state index is 11.0. The van der Waals surface area contributed by atoms with Crippen LogP contribution in [-0.4, -0.2) is 23.0 Å². The second-order valence-corrected chi connectivity index (χ2v) is 4.99. The van der Waals surface area contributed by atoms with E-state index in [0.717, 1.165) is 24.6 Å². The van der Waals surface area contributed by atoms with E-state index in [4.69, 9.17) is 5.73 Å². The van der Waals surface area contributed by atoms with Crippen LogP contribution in [0.3, 0.4) is 0 Å². The highest BCUT2D eigenvalue weighted by Gasteiger charge is 2.20. The number of primary amides is 1. The molecule has 0 spiro atoms. The molecule has 0 unspecified atom stereocenters. The van der Waals surface area contributed by atoms with Crippen molar-refractivity contribution in [2.45, 2.75) is 39.2 Å². The zero-order valence-corrected chi connectivity index (χ0v) is 11.3. The van der Waals surface area contributed by atoms with Gasteiger partial charge in [-0.1, -0.05) is 13.0 Å². The van der Waals surface area contributed by atoms with Gasteiger partial charge in [-0.3, -0.25) is 4.79 Å². The Kier molecular flexibility index (Phi) is 4.95. The molecule has 0 aliphatic rings. The predicted octanol–water partition coefficient (Wildman–Crippen LogP) is 1.97. The third-order valence-electron chi connectivity index (χ3n) is 2.39. The summed E-state index contributed by atoms with van der Waals surface area (Å²) in [5, 5.41) is 6.43. The molecule has 0 aliphatic carbocycles. The second-order valence-electron chi connectivity index (χ2n) is 4.99. The monoisotopic (exact) mass is 250 g/mol. The van der Waals surface area contributed by atoms with Gasteiger partial charge in [-0.15, -0.1) is 0 Å². The van der Waals surface area contributed by atoms with Gasteiger partial charge in [-0.25, -0.2) is 4.98 Å². The molecule has 1 heterocycles. The zero-order chi connectivity index (χ0) is 13.6. The summed E-state index contributed by atoms with van der Waals surface area (Å²) in [6, 6.07) is 5.72. The Morgan fingerprint density at radius 3 is 2.67 bits per heavy atom. The van der Waals surface area contributed by atoms with Crippen LogP contribution in [0.5, 0.6) is 0 Å². The van der Waals surface area contributed by atoms with Gasteiger partial charge >= 0.3 is 0 Å². The van der Waals surface area contributed by atoms with Crippen molar-refractivity contribution >= 4 is 17.5 Å². The van der Waals surface area contributed by atoms with Crippen molar-refractivity contribution < 1.29 is 4.79 Å². The number of nitrogens with zero attached hydrogens (tertiary/aromatic N) is 1. The lowest BCUT2D eigenvalue weighted by molar-refractivity contribution is -0.118. The first-order chi connectivity index (χ1) is 8.43. The zero-order valence-electron chi connectivity index (χ0n) is 11.3. The average molecular weight is 250 g/mol. The third kappa shape index (κ3) is 5.03. The van der Waals surface area contributed by atoms with Crippen molar-refractivity contribution in [3.63, 3.8) is 0 Å². The van der Waals surface area contributed by atoms with Gasteiger partial charge in [0.25, 0.3) is 0 Å². The minimum absolute atomic E-state index is 0.265. The Labute approximate surface area is 108 Å². The van der Waals surface area contributed by atoms with Gasteiger partial charge < -0.3 is 16.4 Å². The number of carbonyl (C=O) groups is 1. The Balaban J connectivity index is 2.69. The Bertz CT molecular complexity index is 404. The van der Waals surface area contributed by atoms with Gasteiger partial charge in [-0.05, 0) is 32.4 Å². The van der Waals surface area contributed by atoms with Gasteiger partial charge in [0.1, 0.15) is 11.6 Å². The number of amides is 1. The molecule has 0 saturated heterocycles. The molecule has 0 saturated carbocycles. The van der Waals surface area contributed by atoms with Gasteiger partial charge in [0, 0.05) is 18.5 Å². The molecular formula is C13H22N4O. The fourth-order valence-corrected chi connectivity index (χ4v) is 1.68. The molecule has 5 heteroatoms. The first-order valence-corrected chi connectivity index (χ1v) is 6.20. The predicted molar refractivity (Wildman–Crippen MR) is 74.5 cm³/mol. The topological polar surface area (TPSA) is 80.0 Å². The molecule has 1 aromatic rings. The van der Waals surface area contributed by atoms with Gasteiger partial charge in [0.15, 0.2) is 0 Å². The maximum Gasteiger partial charge on any atom is 0.219 e.